The Bertz CT molecular complexity index is 1140. The SMILES string of the molecule is COc1cc(CC2NC(=S)NC2=O)cc(-c2cc3c(cc2C)C(C)(C)CCC3(C)C)c1OC. The van der Waals surface area contributed by atoms with Crippen molar-refractivity contribution < 1.29 is 14.3 Å². The van der Waals surface area contributed by atoms with Crippen molar-refractivity contribution >= 4 is 23.2 Å². The van der Waals surface area contributed by atoms with E-state index >= 15 is 0 Å². The molecule has 2 N–H and O–H groups in total. The van der Waals surface area contributed by atoms with E-state index in [0.717, 1.165) is 23.1 Å². The summed E-state index contributed by atoms with van der Waals surface area (Å²) in [7, 11) is 3.32. The highest BCUT2D eigenvalue weighted by atomic mass is 32.1. The lowest BCUT2D eigenvalue weighted by molar-refractivity contribution is -0.120. The second kappa shape index (κ2) is 8.32. The zero-order valence-electron chi connectivity index (χ0n) is 20.6. The summed E-state index contributed by atoms with van der Waals surface area (Å²) in [4.78, 5) is 12.3. The molecule has 2 aliphatic rings. The van der Waals surface area contributed by atoms with E-state index in [0.29, 0.717) is 23.0 Å². The number of aryl methyl sites for hydroxylation is 1. The van der Waals surface area contributed by atoms with E-state index in [4.69, 9.17) is 21.7 Å². The molecule has 2 aromatic carbocycles. The van der Waals surface area contributed by atoms with Crippen LogP contribution in [0.2, 0.25) is 0 Å². The molecule has 2 aromatic rings. The van der Waals surface area contributed by atoms with Crippen LogP contribution in [0.25, 0.3) is 11.1 Å². The van der Waals surface area contributed by atoms with Gasteiger partial charge in [-0.2, -0.15) is 0 Å². The van der Waals surface area contributed by atoms with Gasteiger partial charge in [-0.15, -0.1) is 0 Å². The van der Waals surface area contributed by atoms with Crippen molar-refractivity contribution in [2.75, 3.05) is 14.2 Å². The largest absolute Gasteiger partial charge is 0.493 e. The molecular formula is C27H34N2O3S. The average molecular weight is 467 g/mol. The third-order valence-corrected chi connectivity index (χ3v) is 7.54. The van der Waals surface area contributed by atoms with Gasteiger partial charge in [-0.1, -0.05) is 33.8 Å². The quantitative estimate of drug-likeness (QED) is 0.611. The summed E-state index contributed by atoms with van der Waals surface area (Å²) in [6.07, 6.45) is 2.83. The van der Waals surface area contributed by atoms with Gasteiger partial charge < -0.3 is 20.1 Å². The fraction of sp³-hybridized carbons (Fsp3) is 0.481. The Hall–Kier alpha value is -2.60. The summed E-state index contributed by atoms with van der Waals surface area (Å²) in [6.45, 7) is 11.5. The summed E-state index contributed by atoms with van der Waals surface area (Å²) in [5, 5.41) is 6.09. The van der Waals surface area contributed by atoms with Gasteiger partial charge in [0.15, 0.2) is 16.6 Å². The Morgan fingerprint density at radius 1 is 0.970 bits per heavy atom. The van der Waals surface area contributed by atoms with Gasteiger partial charge in [0, 0.05) is 12.0 Å². The Labute approximate surface area is 202 Å². The number of methoxy groups -OCH3 is 2. The lowest BCUT2D eigenvalue weighted by Gasteiger charge is -2.42. The van der Waals surface area contributed by atoms with Crippen molar-refractivity contribution in [1.82, 2.24) is 10.6 Å². The highest BCUT2D eigenvalue weighted by Crippen LogP contribution is 2.49. The molecule has 0 radical (unpaired) electrons. The van der Waals surface area contributed by atoms with Crippen LogP contribution in [0.4, 0.5) is 0 Å². The van der Waals surface area contributed by atoms with Crippen molar-refractivity contribution in [2.24, 2.45) is 0 Å². The second-order valence-corrected chi connectivity index (χ2v) is 11.0. The first kappa shape index (κ1) is 23.6. The second-order valence-electron chi connectivity index (χ2n) is 10.6. The van der Waals surface area contributed by atoms with Crippen LogP contribution < -0.4 is 20.1 Å². The van der Waals surface area contributed by atoms with Crippen LogP contribution in [-0.4, -0.2) is 31.3 Å². The van der Waals surface area contributed by atoms with Gasteiger partial charge in [-0.3, -0.25) is 4.79 Å². The molecule has 1 aliphatic carbocycles. The molecule has 4 rings (SSSR count). The number of ether oxygens (including phenoxy) is 2. The minimum absolute atomic E-state index is 0.101. The molecule has 176 valence electrons. The fourth-order valence-corrected chi connectivity index (χ4v) is 5.43. The standard InChI is InChI=1S/C27H34N2O3S/c1-15-10-19-20(27(4,5)9-8-26(19,2)3)14-17(15)18-11-16(13-22(31-6)23(18)32-7)12-21-24(30)29-25(33)28-21/h10-11,13-14,21H,8-9,12H2,1-7H3,(H2,28,29,30,33). The third kappa shape index (κ3) is 4.21. The summed E-state index contributed by atoms with van der Waals surface area (Å²) in [5.41, 5.74) is 7.38. The summed E-state index contributed by atoms with van der Waals surface area (Å²) in [5.74, 6) is 1.25. The number of nitrogens with one attached hydrogen (secondary N) is 2. The Morgan fingerprint density at radius 3 is 2.15 bits per heavy atom. The minimum atomic E-state index is -0.396. The molecule has 6 heteroatoms. The van der Waals surface area contributed by atoms with Gasteiger partial charge in [0.2, 0.25) is 5.91 Å². The number of thiocarbonyl (C=S) groups is 1. The predicted octanol–water partition coefficient (Wildman–Crippen LogP) is 4.94. The van der Waals surface area contributed by atoms with Gasteiger partial charge in [-0.25, -0.2) is 0 Å². The molecule has 33 heavy (non-hydrogen) atoms. The number of benzene rings is 2. The molecule has 1 aliphatic heterocycles. The van der Waals surface area contributed by atoms with E-state index in [9.17, 15) is 4.79 Å². The van der Waals surface area contributed by atoms with Gasteiger partial charge in [-0.05, 0) is 88.8 Å². The van der Waals surface area contributed by atoms with Crippen molar-refractivity contribution in [3.8, 4) is 22.6 Å². The van der Waals surface area contributed by atoms with Crippen LogP contribution in [0.3, 0.4) is 0 Å². The zero-order valence-corrected chi connectivity index (χ0v) is 21.5. The number of carbonyl (C=O) groups is 1. The van der Waals surface area contributed by atoms with E-state index in [1.807, 2.05) is 6.07 Å². The highest BCUT2D eigenvalue weighted by molar-refractivity contribution is 7.80. The van der Waals surface area contributed by atoms with E-state index in [-0.39, 0.29) is 16.7 Å². The van der Waals surface area contributed by atoms with E-state index in [1.54, 1.807) is 14.2 Å². The summed E-state index contributed by atoms with van der Waals surface area (Å²) < 4.78 is 11.5. The highest BCUT2D eigenvalue weighted by Gasteiger charge is 2.38. The van der Waals surface area contributed by atoms with Gasteiger partial charge in [0.1, 0.15) is 6.04 Å². The monoisotopic (exact) mass is 466 g/mol. The van der Waals surface area contributed by atoms with Gasteiger partial charge >= 0.3 is 0 Å². The molecule has 0 bridgehead atoms. The summed E-state index contributed by atoms with van der Waals surface area (Å²) in [6, 6.07) is 8.37. The van der Waals surface area contributed by atoms with Crippen molar-refractivity contribution in [3.05, 3.63) is 46.5 Å². The lowest BCUT2D eigenvalue weighted by atomic mass is 9.62. The minimum Gasteiger partial charge on any atom is -0.493 e. The topological polar surface area (TPSA) is 59.6 Å². The first-order valence-electron chi connectivity index (χ1n) is 11.5. The van der Waals surface area contributed by atoms with Crippen molar-refractivity contribution in [1.29, 1.82) is 0 Å². The van der Waals surface area contributed by atoms with Crippen molar-refractivity contribution in [2.45, 2.75) is 70.8 Å². The van der Waals surface area contributed by atoms with Crippen LogP contribution in [-0.2, 0) is 22.0 Å². The average Bonchev–Trinajstić information content (AvgIpc) is 3.07. The molecule has 1 unspecified atom stereocenters. The summed E-state index contributed by atoms with van der Waals surface area (Å²) >= 11 is 5.11. The van der Waals surface area contributed by atoms with Crippen LogP contribution in [0.5, 0.6) is 11.5 Å². The molecule has 0 saturated carbocycles. The number of hydrogen-bond acceptors (Lipinski definition) is 4. The molecule has 1 fully saturated rings. The normalized spacial score (nSPS) is 20.6. The molecule has 0 spiro atoms. The molecule has 5 nitrogen and oxygen atoms in total. The lowest BCUT2D eigenvalue weighted by Crippen LogP contribution is -2.34. The van der Waals surface area contributed by atoms with Gasteiger partial charge in [0.25, 0.3) is 0 Å². The fourth-order valence-electron chi connectivity index (χ4n) is 5.19. The number of rotatable bonds is 5. The van der Waals surface area contributed by atoms with Crippen LogP contribution in [0, 0.1) is 6.92 Å². The molecule has 1 atom stereocenters. The van der Waals surface area contributed by atoms with Crippen LogP contribution in [0.1, 0.15) is 62.8 Å². The molecule has 1 heterocycles. The molecule has 0 aromatic heterocycles. The smallest absolute Gasteiger partial charge is 0.249 e. The maximum Gasteiger partial charge on any atom is 0.249 e. The first-order chi connectivity index (χ1) is 15.5. The Kier molecular flexibility index (Phi) is 5.94. The van der Waals surface area contributed by atoms with E-state index in [1.165, 1.54) is 23.1 Å². The zero-order chi connectivity index (χ0) is 24.1. The third-order valence-electron chi connectivity index (χ3n) is 7.33. The Balaban J connectivity index is 1.88. The predicted molar refractivity (Wildman–Crippen MR) is 136 cm³/mol. The maximum atomic E-state index is 12.3. The molecule has 1 saturated heterocycles. The number of hydrogen-bond donors (Lipinski definition) is 2. The molecular weight excluding hydrogens is 432 g/mol. The van der Waals surface area contributed by atoms with Crippen LogP contribution >= 0.6 is 12.2 Å². The number of fused-ring (bicyclic) bond motifs is 1. The van der Waals surface area contributed by atoms with E-state index in [2.05, 4.69) is 63.5 Å². The Morgan fingerprint density at radius 2 is 1.61 bits per heavy atom. The van der Waals surface area contributed by atoms with E-state index < -0.39 is 6.04 Å². The van der Waals surface area contributed by atoms with Crippen molar-refractivity contribution in [3.63, 3.8) is 0 Å². The number of carbonyl (C=O) groups excluding carboxylic acids is 1. The van der Waals surface area contributed by atoms with Gasteiger partial charge in [0.05, 0.1) is 14.2 Å². The first-order valence-corrected chi connectivity index (χ1v) is 11.9. The number of amides is 1. The molecule has 1 amide bonds. The maximum absolute atomic E-state index is 12.3. The van der Waals surface area contributed by atoms with Crippen LogP contribution in [0.15, 0.2) is 24.3 Å².